The maximum absolute atomic E-state index is 12.4. The fourth-order valence-electron chi connectivity index (χ4n) is 2.84. The van der Waals surface area contributed by atoms with E-state index >= 15 is 0 Å². The van der Waals surface area contributed by atoms with Crippen LogP contribution in [0.5, 0.6) is 11.5 Å². The first-order valence-electron chi connectivity index (χ1n) is 8.22. The van der Waals surface area contributed by atoms with Crippen LogP contribution < -0.4 is 20.3 Å². The molecule has 1 aromatic heterocycles. The monoisotopic (exact) mass is 393 g/mol. The van der Waals surface area contributed by atoms with Gasteiger partial charge in [0.2, 0.25) is 0 Å². The molecule has 2 aliphatic heterocycles. The van der Waals surface area contributed by atoms with Gasteiger partial charge in [-0.05, 0) is 17.7 Å². The highest BCUT2D eigenvalue weighted by molar-refractivity contribution is 7.99. The summed E-state index contributed by atoms with van der Waals surface area (Å²) in [5.41, 5.74) is 0.489. The summed E-state index contributed by atoms with van der Waals surface area (Å²) in [5.74, 6) is 1.43. The van der Waals surface area contributed by atoms with Crippen molar-refractivity contribution in [1.82, 2.24) is 14.9 Å². The third-order valence-corrected chi connectivity index (χ3v) is 5.37. The number of rotatable bonds is 3. The molecule has 0 unspecified atom stereocenters. The first-order valence-corrected chi connectivity index (χ1v) is 9.58. The molecule has 9 heteroatoms. The molecule has 0 radical (unpaired) electrons. The Balaban J connectivity index is 1.51. The van der Waals surface area contributed by atoms with Gasteiger partial charge in [-0.1, -0.05) is 23.4 Å². The molecule has 1 N–H and O–H groups in total. The van der Waals surface area contributed by atoms with E-state index in [1.165, 1.54) is 22.5 Å². The van der Waals surface area contributed by atoms with E-state index in [-0.39, 0.29) is 17.7 Å². The van der Waals surface area contributed by atoms with Gasteiger partial charge >= 0.3 is 0 Å². The lowest BCUT2D eigenvalue weighted by molar-refractivity contribution is 0.0948. The molecule has 2 aromatic rings. The molecule has 1 amide bonds. The standard InChI is InChI=1S/C17H16ClN3O4S/c18-12-6-10(7-13-14(12)25-4-1-3-24-13)8-19-15(22)11-9-20-17-21(16(11)23)2-5-26-17/h6-7,9H,1-5,8H2,(H,19,22). The van der Waals surface area contributed by atoms with Crippen LogP contribution in [-0.4, -0.2) is 34.4 Å². The zero-order valence-corrected chi connectivity index (χ0v) is 15.4. The van der Waals surface area contributed by atoms with E-state index in [9.17, 15) is 9.59 Å². The van der Waals surface area contributed by atoms with Gasteiger partial charge in [-0.2, -0.15) is 0 Å². The quantitative estimate of drug-likeness (QED) is 0.804. The average Bonchev–Trinajstić information content (AvgIpc) is 2.98. The van der Waals surface area contributed by atoms with E-state index in [1.54, 1.807) is 12.1 Å². The lowest BCUT2D eigenvalue weighted by Gasteiger charge is -2.12. The summed E-state index contributed by atoms with van der Waals surface area (Å²) in [6.07, 6.45) is 2.12. The molecule has 136 valence electrons. The number of nitrogens with zero attached hydrogens (tertiary/aromatic N) is 2. The van der Waals surface area contributed by atoms with Gasteiger partial charge in [-0.3, -0.25) is 14.2 Å². The predicted molar refractivity (Wildman–Crippen MR) is 97.5 cm³/mol. The number of carbonyl (C=O) groups is 1. The van der Waals surface area contributed by atoms with E-state index in [0.29, 0.717) is 41.4 Å². The number of hydrogen-bond donors (Lipinski definition) is 1. The van der Waals surface area contributed by atoms with Gasteiger partial charge in [0.1, 0.15) is 5.56 Å². The summed E-state index contributed by atoms with van der Waals surface area (Å²) < 4.78 is 12.8. The normalized spacial score (nSPS) is 15.3. The Labute approximate surface area is 158 Å². The summed E-state index contributed by atoms with van der Waals surface area (Å²) in [5, 5.41) is 3.83. The molecule has 7 nitrogen and oxygen atoms in total. The molecule has 4 rings (SSSR count). The second-order valence-electron chi connectivity index (χ2n) is 5.90. The number of thioether (sulfide) groups is 1. The first kappa shape index (κ1) is 17.2. The smallest absolute Gasteiger partial charge is 0.267 e. The SMILES string of the molecule is O=C(NCc1cc(Cl)c2c(c1)OCCCO2)c1cnc2n(c1=O)CCS2. The van der Waals surface area contributed by atoms with Crippen molar-refractivity contribution < 1.29 is 14.3 Å². The van der Waals surface area contributed by atoms with Crippen LogP contribution in [0.3, 0.4) is 0 Å². The second-order valence-corrected chi connectivity index (χ2v) is 7.37. The van der Waals surface area contributed by atoms with Crippen molar-refractivity contribution in [1.29, 1.82) is 0 Å². The molecule has 0 aliphatic carbocycles. The third-order valence-electron chi connectivity index (χ3n) is 4.12. The van der Waals surface area contributed by atoms with Crippen molar-refractivity contribution in [3.8, 4) is 11.5 Å². The number of amides is 1. The minimum absolute atomic E-state index is 0.0386. The summed E-state index contributed by atoms with van der Waals surface area (Å²) >= 11 is 7.77. The molecule has 0 saturated heterocycles. The van der Waals surface area contributed by atoms with Crippen molar-refractivity contribution in [2.45, 2.75) is 24.7 Å². The number of halogens is 1. The molecule has 2 aliphatic rings. The van der Waals surface area contributed by atoms with Crippen LogP contribution >= 0.6 is 23.4 Å². The van der Waals surface area contributed by atoms with Crippen molar-refractivity contribution in [3.63, 3.8) is 0 Å². The van der Waals surface area contributed by atoms with Crippen LogP contribution in [0.2, 0.25) is 5.02 Å². The summed E-state index contributed by atoms with van der Waals surface area (Å²) in [4.78, 5) is 29.0. The van der Waals surface area contributed by atoms with Crippen LogP contribution in [0, 0.1) is 0 Å². The number of benzene rings is 1. The van der Waals surface area contributed by atoms with Crippen molar-refractivity contribution in [2.24, 2.45) is 0 Å². The highest BCUT2D eigenvalue weighted by Gasteiger charge is 2.20. The molecule has 3 heterocycles. The van der Waals surface area contributed by atoms with Gasteiger partial charge in [0, 0.05) is 31.5 Å². The summed E-state index contributed by atoms with van der Waals surface area (Å²) in [6, 6.07) is 3.51. The summed E-state index contributed by atoms with van der Waals surface area (Å²) in [7, 11) is 0. The number of fused-ring (bicyclic) bond motifs is 2. The topological polar surface area (TPSA) is 82.4 Å². The van der Waals surface area contributed by atoms with Crippen LogP contribution in [0.25, 0.3) is 0 Å². The van der Waals surface area contributed by atoms with E-state index in [2.05, 4.69) is 10.3 Å². The Morgan fingerprint density at radius 2 is 2.19 bits per heavy atom. The molecule has 26 heavy (non-hydrogen) atoms. The van der Waals surface area contributed by atoms with Gasteiger partial charge < -0.3 is 14.8 Å². The predicted octanol–water partition coefficient (Wildman–Crippen LogP) is 2.09. The fraction of sp³-hybridized carbons (Fsp3) is 0.353. The van der Waals surface area contributed by atoms with Gasteiger partial charge in [-0.25, -0.2) is 4.98 Å². The second kappa shape index (κ2) is 7.20. The molecular weight excluding hydrogens is 378 g/mol. The van der Waals surface area contributed by atoms with Crippen molar-refractivity contribution >= 4 is 29.3 Å². The van der Waals surface area contributed by atoms with E-state index in [0.717, 1.165) is 17.7 Å². The number of carbonyl (C=O) groups excluding carboxylic acids is 1. The van der Waals surface area contributed by atoms with Crippen LogP contribution in [-0.2, 0) is 13.1 Å². The molecule has 0 spiro atoms. The Bertz CT molecular complexity index is 931. The molecule has 0 bridgehead atoms. The summed E-state index contributed by atoms with van der Waals surface area (Å²) in [6.45, 7) is 1.89. The molecule has 0 fully saturated rings. The highest BCUT2D eigenvalue weighted by Crippen LogP contribution is 2.37. The number of ether oxygens (including phenoxy) is 2. The van der Waals surface area contributed by atoms with Crippen molar-refractivity contribution in [3.05, 3.63) is 44.8 Å². The number of hydrogen-bond acceptors (Lipinski definition) is 6. The van der Waals surface area contributed by atoms with E-state index < -0.39 is 5.91 Å². The largest absolute Gasteiger partial charge is 0.489 e. The van der Waals surface area contributed by atoms with Crippen LogP contribution in [0.15, 0.2) is 28.3 Å². The number of nitrogens with one attached hydrogen (secondary N) is 1. The average molecular weight is 394 g/mol. The lowest BCUT2D eigenvalue weighted by Crippen LogP contribution is -2.33. The van der Waals surface area contributed by atoms with Crippen molar-refractivity contribution in [2.75, 3.05) is 19.0 Å². The Hall–Kier alpha value is -2.19. The molecular formula is C17H16ClN3O4S. The van der Waals surface area contributed by atoms with Crippen LogP contribution in [0.1, 0.15) is 22.3 Å². The maximum Gasteiger partial charge on any atom is 0.267 e. The molecule has 0 atom stereocenters. The van der Waals surface area contributed by atoms with Gasteiger partial charge in [0.15, 0.2) is 16.7 Å². The molecule has 0 saturated carbocycles. The minimum atomic E-state index is -0.460. The highest BCUT2D eigenvalue weighted by atomic mass is 35.5. The first-order chi connectivity index (χ1) is 12.6. The molecule has 1 aromatic carbocycles. The fourth-order valence-corrected chi connectivity index (χ4v) is 4.04. The number of aromatic nitrogens is 2. The Kier molecular flexibility index (Phi) is 4.78. The van der Waals surface area contributed by atoms with E-state index in [1.807, 2.05) is 0 Å². The van der Waals surface area contributed by atoms with Gasteiger partial charge in [0.05, 0.1) is 18.2 Å². The van der Waals surface area contributed by atoms with Gasteiger partial charge in [0.25, 0.3) is 11.5 Å². The third kappa shape index (κ3) is 3.26. The van der Waals surface area contributed by atoms with Gasteiger partial charge in [-0.15, -0.1) is 0 Å². The Morgan fingerprint density at radius 3 is 3.08 bits per heavy atom. The van der Waals surface area contributed by atoms with E-state index in [4.69, 9.17) is 21.1 Å². The Morgan fingerprint density at radius 1 is 1.35 bits per heavy atom. The maximum atomic E-state index is 12.4. The lowest BCUT2D eigenvalue weighted by atomic mass is 10.2. The minimum Gasteiger partial charge on any atom is -0.489 e. The zero-order valence-electron chi connectivity index (χ0n) is 13.8. The zero-order chi connectivity index (χ0) is 18.1. The van der Waals surface area contributed by atoms with Crippen LogP contribution in [0.4, 0.5) is 0 Å².